The van der Waals surface area contributed by atoms with Crippen molar-refractivity contribution in [3.8, 4) is 17.2 Å². The molecule has 1 heterocycles. The second-order valence-corrected chi connectivity index (χ2v) is 8.08. The summed E-state index contributed by atoms with van der Waals surface area (Å²) in [6.07, 6.45) is 0.0864. The summed E-state index contributed by atoms with van der Waals surface area (Å²) in [6, 6.07) is 9.85. The number of carboxylic acid groups (broad SMARTS) is 1. The maximum absolute atomic E-state index is 11.5. The number of aromatic carboxylic acids is 1. The Morgan fingerprint density at radius 1 is 1.18 bits per heavy atom. The molecule has 0 radical (unpaired) electrons. The number of benzene rings is 2. The SMILES string of the molecule is CS(=O)(=O)c1ccc(Oc2cc(OC[C@H]3CNC(=O)O3)cc(C(=O)O)c2)cc1. The van der Waals surface area contributed by atoms with E-state index >= 15 is 0 Å². The van der Waals surface area contributed by atoms with Crippen molar-refractivity contribution in [2.45, 2.75) is 11.0 Å². The summed E-state index contributed by atoms with van der Waals surface area (Å²) in [4.78, 5) is 22.5. The summed E-state index contributed by atoms with van der Waals surface area (Å²) < 4.78 is 39.1. The van der Waals surface area contributed by atoms with Crippen LogP contribution in [-0.2, 0) is 14.6 Å². The van der Waals surface area contributed by atoms with Gasteiger partial charge in [-0.15, -0.1) is 0 Å². The Balaban J connectivity index is 1.77. The number of carboxylic acids is 1. The van der Waals surface area contributed by atoms with Crippen LogP contribution in [0.1, 0.15) is 10.4 Å². The Bertz CT molecular complexity index is 1000. The number of hydrogen-bond acceptors (Lipinski definition) is 7. The molecule has 0 aromatic heterocycles. The predicted octanol–water partition coefficient (Wildman–Crippen LogP) is 2.07. The predicted molar refractivity (Wildman–Crippen MR) is 96.8 cm³/mol. The van der Waals surface area contributed by atoms with E-state index in [9.17, 15) is 23.1 Å². The van der Waals surface area contributed by atoms with Crippen LogP contribution in [0.5, 0.6) is 17.2 Å². The van der Waals surface area contributed by atoms with E-state index in [4.69, 9.17) is 14.2 Å². The van der Waals surface area contributed by atoms with Gasteiger partial charge in [-0.1, -0.05) is 0 Å². The van der Waals surface area contributed by atoms with Gasteiger partial charge in [0.2, 0.25) is 0 Å². The normalized spacial score (nSPS) is 16.2. The third-order valence-electron chi connectivity index (χ3n) is 3.80. The van der Waals surface area contributed by atoms with Gasteiger partial charge in [-0.3, -0.25) is 0 Å². The van der Waals surface area contributed by atoms with Crippen molar-refractivity contribution in [2.24, 2.45) is 0 Å². The number of rotatable bonds is 7. The number of amides is 1. The van der Waals surface area contributed by atoms with Crippen LogP contribution in [0.2, 0.25) is 0 Å². The van der Waals surface area contributed by atoms with Gasteiger partial charge in [0.05, 0.1) is 17.0 Å². The van der Waals surface area contributed by atoms with Crippen molar-refractivity contribution in [1.29, 1.82) is 0 Å². The van der Waals surface area contributed by atoms with Gasteiger partial charge < -0.3 is 24.6 Å². The lowest BCUT2D eigenvalue weighted by Crippen LogP contribution is -2.22. The summed E-state index contributed by atoms with van der Waals surface area (Å²) >= 11 is 0. The molecule has 3 rings (SSSR count). The Kier molecular flexibility index (Phi) is 5.41. The number of hydrogen-bond donors (Lipinski definition) is 2. The number of cyclic esters (lactones) is 1. The third kappa shape index (κ3) is 4.92. The molecule has 28 heavy (non-hydrogen) atoms. The second kappa shape index (κ2) is 7.77. The largest absolute Gasteiger partial charge is 0.489 e. The highest BCUT2D eigenvalue weighted by atomic mass is 32.2. The van der Waals surface area contributed by atoms with Gasteiger partial charge in [-0.25, -0.2) is 18.0 Å². The summed E-state index contributed by atoms with van der Waals surface area (Å²) in [7, 11) is -3.33. The van der Waals surface area contributed by atoms with Crippen LogP contribution in [0.25, 0.3) is 0 Å². The van der Waals surface area contributed by atoms with Crippen LogP contribution >= 0.6 is 0 Å². The first-order valence-corrected chi connectivity index (χ1v) is 10.0. The third-order valence-corrected chi connectivity index (χ3v) is 4.93. The average molecular weight is 407 g/mol. The summed E-state index contributed by atoms with van der Waals surface area (Å²) in [5.74, 6) is -0.416. The molecule has 1 amide bonds. The van der Waals surface area contributed by atoms with Crippen molar-refractivity contribution in [3.63, 3.8) is 0 Å². The highest BCUT2D eigenvalue weighted by Crippen LogP contribution is 2.28. The van der Waals surface area contributed by atoms with Crippen molar-refractivity contribution in [1.82, 2.24) is 5.32 Å². The highest BCUT2D eigenvalue weighted by Gasteiger charge is 2.23. The van der Waals surface area contributed by atoms with E-state index in [1.807, 2.05) is 0 Å². The average Bonchev–Trinajstić information content (AvgIpc) is 3.05. The Hall–Kier alpha value is -3.27. The first kappa shape index (κ1) is 19.5. The molecule has 148 valence electrons. The van der Waals surface area contributed by atoms with Crippen LogP contribution in [-0.4, -0.2) is 51.1 Å². The molecule has 2 aromatic carbocycles. The summed E-state index contributed by atoms with van der Waals surface area (Å²) in [6.45, 7) is 0.345. The van der Waals surface area contributed by atoms with Gasteiger partial charge in [0.15, 0.2) is 15.9 Å². The first-order valence-electron chi connectivity index (χ1n) is 8.14. The first-order chi connectivity index (χ1) is 13.2. The molecule has 1 aliphatic heterocycles. The van der Waals surface area contributed by atoms with Crippen molar-refractivity contribution >= 4 is 21.9 Å². The zero-order valence-corrected chi connectivity index (χ0v) is 15.6. The molecule has 1 fully saturated rings. The minimum absolute atomic E-state index is 0.0459. The van der Waals surface area contributed by atoms with Gasteiger partial charge in [0.25, 0.3) is 0 Å². The quantitative estimate of drug-likeness (QED) is 0.714. The van der Waals surface area contributed by atoms with E-state index in [1.54, 1.807) is 0 Å². The Morgan fingerprint density at radius 3 is 2.43 bits per heavy atom. The molecular weight excluding hydrogens is 390 g/mol. The van der Waals surface area contributed by atoms with Gasteiger partial charge in [-0.05, 0) is 36.4 Å². The molecule has 0 unspecified atom stereocenters. The van der Waals surface area contributed by atoms with Crippen LogP contribution < -0.4 is 14.8 Å². The summed E-state index contributed by atoms with van der Waals surface area (Å²) in [5.41, 5.74) is -0.0539. The van der Waals surface area contributed by atoms with Gasteiger partial charge in [0.1, 0.15) is 23.9 Å². The topological polar surface area (TPSA) is 128 Å². The number of nitrogens with one attached hydrogen (secondary N) is 1. The van der Waals surface area contributed by atoms with E-state index in [0.717, 1.165) is 6.26 Å². The second-order valence-electron chi connectivity index (χ2n) is 6.06. The van der Waals surface area contributed by atoms with E-state index in [1.165, 1.54) is 42.5 Å². The minimum Gasteiger partial charge on any atom is -0.489 e. The molecule has 2 N–H and O–H groups in total. The van der Waals surface area contributed by atoms with Gasteiger partial charge in [0, 0.05) is 12.3 Å². The lowest BCUT2D eigenvalue weighted by atomic mass is 10.2. The van der Waals surface area contributed by atoms with Crippen LogP contribution in [0.3, 0.4) is 0 Å². The van der Waals surface area contributed by atoms with Crippen molar-refractivity contribution in [2.75, 3.05) is 19.4 Å². The molecule has 0 bridgehead atoms. The zero-order chi connectivity index (χ0) is 20.3. The Morgan fingerprint density at radius 2 is 1.86 bits per heavy atom. The van der Waals surface area contributed by atoms with Crippen LogP contribution in [0, 0.1) is 0 Å². The maximum atomic E-state index is 11.5. The molecule has 1 aliphatic rings. The molecule has 1 atom stereocenters. The lowest BCUT2D eigenvalue weighted by Gasteiger charge is -2.13. The van der Waals surface area contributed by atoms with Gasteiger partial charge >= 0.3 is 12.1 Å². The molecule has 10 heteroatoms. The van der Waals surface area contributed by atoms with E-state index in [2.05, 4.69) is 5.32 Å². The molecule has 0 aliphatic carbocycles. The van der Waals surface area contributed by atoms with Crippen LogP contribution in [0.4, 0.5) is 4.79 Å². The zero-order valence-electron chi connectivity index (χ0n) is 14.7. The molecule has 9 nitrogen and oxygen atoms in total. The molecule has 1 saturated heterocycles. The molecule has 0 saturated carbocycles. The van der Waals surface area contributed by atoms with Crippen molar-refractivity contribution < 1.29 is 37.3 Å². The fourth-order valence-corrected chi connectivity index (χ4v) is 3.07. The highest BCUT2D eigenvalue weighted by molar-refractivity contribution is 7.90. The van der Waals surface area contributed by atoms with Gasteiger partial charge in [-0.2, -0.15) is 0 Å². The number of carbonyl (C=O) groups is 2. The number of sulfone groups is 1. The lowest BCUT2D eigenvalue weighted by molar-refractivity contribution is 0.0695. The maximum Gasteiger partial charge on any atom is 0.407 e. The number of carbonyl (C=O) groups excluding carboxylic acids is 1. The Labute approximate surface area is 160 Å². The monoisotopic (exact) mass is 407 g/mol. The molecule has 0 spiro atoms. The standard InChI is InChI=1S/C18H17NO8S/c1-28(23,24)16-4-2-12(3-5-16)26-14-7-11(17(20)21)6-13(8-14)25-10-15-9-19-18(22)27-15/h2-8,15H,9-10H2,1H3,(H,19,22)(H,20,21)/t15-/m1/s1. The number of ether oxygens (including phenoxy) is 3. The fourth-order valence-electron chi connectivity index (χ4n) is 2.44. The van der Waals surface area contributed by atoms with E-state index in [0.29, 0.717) is 12.3 Å². The number of alkyl carbamates (subject to hydrolysis) is 1. The van der Waals surface area contributed by atoms with E-state index in [-0.39, 0.29) is 28.6 Å². The smallest absolute Gasteiger partial charge is 0.407 e. The fraction of sp³-hybridized carbons (Fsp3) is 0.222. The van der Waals surface area contributed by atoms with Crippen LogP contribution in [0.15, 0.2) is 47.4 Å². The molecular formula is C18H17NO8S. The minimum atomic E-state index is -3.33. The van der Waals surface area contributed by atoms with Crippen molar-refractivity contribution in [3.05, 3.63) is 48.0 Å². The van der Waals surface area contributed by atoms with E-state index < -0.39 is 28.0 Å². The molecule has 2 aromatic rings. The summed E-state index contributed by atoms with van der Waals surface area (Å²) in [5, 5.41) is 11.8.